The van der Waals surface area contributed by atoms with Gasteiger partial charge in [0.1, 0.15) is 0 Å². The monoisotopic (exact) mass is 956 g/mol. The Balaban J connectivity index is 1.33. The van der Waals surface area contributed by atoms with Gasteiger partial charge in [0.05, 0.1) is 5.56 Å². The molecule has 61 heavy (non-hydrogen) atoms. The molecule has 0 atom stereocenters. The maximum atomic E-state index is 13.4. The number of hydrogen-bond acceptors (Lipinski definition) is 10. The molecule has 0 aliphatic carbocycles. The fourth-order valence-corrected chi connectivity index (χ4v) is 8.81. The van der Waals surface area contributed by atoms with Crippen LogP contribution in [-0.4, -0.2) is 54.0 Å². The summed E-state index contributed by atoms with van der Waals surface area (Å²) in [5.41, 5.74) is 6.14. The Kier molecular flexibility index (Phi) is 21.4. The maximum Gasteiger partial charge on any atom is -0.0381 e. The second kappa shape index (κ2) is 27.2. The standard InChI is InChI=1S/C48H55IN5O6S/c1-5-45(55)51-31-15-8-7-13-29-49-40-23-19-37(20-24-40)48(58)60-43-28-27-42(33-39(43)34-53-54-36(4)61-44-18-12-11-17-35(44)3)59-47(57)38-21-25-41(26-22-38)50-30-14-9-10-16-32-52-46(56)6-2/h5-6,11-12,17-28,33-34,50,54H,1-2,4,7-10,13-16,29-32H2,3H3,(H,51,55)(H,52,56)/q-1/b53-34+. The second-order valence-electron chi connectivity index (χ2n) is 13.8. The fourth-order valence-electron chi connectivity index (χ4n) is 5.66. The minimum Gasteiger partial charge on any atom is -0.0456 e. The van der Waals surface area contributed by atoms with Gasteiger partial charge in [-0.3, -0.25) is 4.79 Å². The number of aryl methyl sites for hydroxylation is 1. The summed E-state index contributed by atoms with van der Waals surface area (Å²) in [6.45, 7) is 15.1. The van der Waals surface area contributed by atoms with Gasteiger partial charge in [0.25, 0.3) is 0 Å². The summed E-state index contributed by atoms with van der Waals surface area (Å²) in [6, 6.07) is 27.3. The van der Waals surface area contributed by atoms with E-state index in [4.69, 9.17) is 9.47 Å². The van der Waals surface area contributed by atoms with Gasteiger partial charge in [0, 0.05) is 23.7 Å². The van der Waals surface area contributed by atoms with Crippen LogP contribution in [0.5, 0.6) is 11.5 Å². The molecule has 0 radical (unpaired) electrons. The molecule has 4 aromatic rings. The molecular formula is C48H55IN5O6S-. The number of esters is 2. The van der Waals surface area contributed by atoms with Gasteiger partial charge >= 0.3 is 203 Å². The van der Waals surface area contributed by atoms with Crippen LogP contribution in [0.25, 0.3) is 0 Å². The van der Waals surface area contributed by atoms with Crippen LogP contribution in [-0.2, 0) is 9.59 Å². The van der Waals surface area contributed by atoms with Gasteiger partial charge in [-0.25, -0.2) is 4.79 Å². The minimum atomic E-state index is -0.541. The van der Waals surface area contributed by atoms with E-state index in [2.05, 4.69) is 46.2 Å². The summed E-state index contributed by atoms with van der Waals surface area (Å²) in [7, 11) is 0. The molecule has 4 N–H and O–H groups in total. The van der Waals surface area contributed by atoms with Crippen molar-refractivity contribution in [1.82, 2.24) is 16.1 Å². The van der Waals surface area contributed by atoms with Crippen LogP contribution in [0.4, 0.5) is 5.69 Å². The van der Waals surface area contributed by atoms with Gasteiger partial charge in [-0.1, -0.05) is 56.0 Å². The van der Waals surface area contributed by atoms with Crippen molar-refractivity contribution < 1.29 is 49.9 Å². The Morgan fingerprint density at radius 3 is 1.93 bits per heavy atom. The van der Waals surface area contributed by atoms with Gasteiger partial charge in [-0.05, 0) is 61.7 Å². The first-order chi connectivity index (χ1) is 29.6. The first-order valence-electron chi connectivity index (χ1n) is 20.3. The number of thioether (sulfide) groups is 1. The quantitative estimate of drug-likeness (QED) is 0.00650. The number of carbonyl (C=O) groups is 4. The molecule has 0 aromatic heterocycles. The first kappa shape index (κ1) is 48.0. The van der Waals surface area contributed by atoms with Gasteiger partial charge in [-0.2, -0.15) is 0 Å². The number of amides is 2. The third-order valence-electron chi connectivity index (χ3n) is 9.03. The van der Waals surface area contributed by atoms with Crippen LogP contribution in [0.2, 0.25) is 0 Å². The molecule has 2 amide bonds. The number of nitrogens with zero attached hydrogens (tertiary/aromatic N) is 1. The van der Waals surface area contributed by atoms with Crippen LogP contribution < -0.4 is 52.1 Å². The number of anilines is 1. The normalized spacial score (nSPS) is 10.8. The van der Waals surface area contributed by atoms with E-state index >= 15 is 0 Å². The predicted octanol–water partition coefficient (Wildman–Crippen LogP) is 6.02. The summed E-state index contributed by atoms with van der Waals surface area (Å²) in [5, 5.41) is 13.9. The van der Waals surface area contributed by atoms with Crippen LogP contribution in [0, 0.1) is 10.5 Å². The van der Waals surface area contributed by atoms with Crippen molar-refractivity contribution in [3.63, 3.8) is 0 Å². The van der Waals surface area contributed by atoms with E-state index in [-0.39, 0.29) is 44.5 Å². The number of alkyl halides is 1. The summed E-state index contributed by atoms with van der Waals surface area (Å²) in [5.74, 6) is -0.863. The zero-order valence-electron chi connectivity index (χ0n) is 34.7. The zero-order chi connectivity index (χ0) is 43.7. The van der Waals surface area contributed by atoms with Crippen LogP contribution >= 0.6 is 11.8 Å². The SMILES string of the molecule is C=CC(=O)NCCCCCCNc1ccc(C(=O)Oc2ccc(OC(=O)c3ccc([I-]CCCCCCNC(=O)C=C)cc3)c(/C=N/NC(=C)Sc3ccccc3C)c2)cc1. The van der Waals surface area contributed by atoms with Crippen molar-refractivity contribution in [2.24, 2.45) is 5.10 Å². The number of ether oxygens (including phenoxy) is 2. The first-order valence-corrected chi connectivity index (χ1v) is 23.7. The molecule has 0 fully saturated rings. The summed E-state index contributed by atoms with van der Waals surface area (Å²) in [4.78, 5) is 50.1. The largest absolute Gasteiger partial charge is 0.0456 e. The molecule has 4 aromatic carbocycles. The number of hydrogen-bond donors (Lipinski definition) is 4. The Morgan fingerprint density at radius 1 is 0.705 bits per heavy atom. The molecule has 4 rings (SSSR count). The van der Waals surface area contributed by atoms with Crippen molar-refractivity contribution in [1.29, 1.82) is 0 Å². The van der Waals surface area contributed by atoms with Crippen molar-refractivity contribution in [3.8, 4) is 11.5 Å². The Labute approximate surface area is 374 Å². The molecular weight excluding hydrogens is 902 g/mol. The van der Waals surface area contributed by atoms with Crippen LogP contribution in [0.3, 0.4) is 0 Å². The Hall–Kier alpha value is -5.67. The number of halogens is 1. The molecule has 0 aliphatic rings. The number of unbranched alkanes of at least 4 members (excludes halogenated alkanes) is 6. The summed E-state index contributed by atoms with van der Waals surface area (Å²) in [6.07, 6.45) is 12.2. The number of nitrogens with one attached hydrogen (secondary N) is 4. The Morgan fingerprint density at radius 2 is 1.30 bits per heavy atom. The second-order valence-corrected chi connectivity index (χ2v) is 18.0. The average Bonchev–Trinajstić information content (AvgIpc) is 3.27. The van der Waals surface area contributed by atoms with E-state index in [1.165, 1.54) is 33.7 Å². The minimum absolute atomic E-state index is 0.135. The van der Waals surface area contributed by atoms with E-state index in [9.17, 15) is 19.2 Å². The fraction of sp³-hybridized carbons (Fsp3) is 0.271. The number of hydrazone groups is 1. The van der Waals surface area contributed by atoms with E-state index in [1.54, 1.807) is 42.5 Å². The van der Waals surface area contributed by atoms with Crippen molar-refractivity contribution in [2.45, 2.75) is 63.2 Å². The number of carbonyl (C=O) groups excluding carboxylic acids is 4. The van der Waals surface area contributed by atoms with Crippen molar-refractivity contribution in [3.05, 3.63) is 154 Å². The Bertz CT molecular complexity index is 2120. The van der Waals surface area contributed by atoms with Gasteiger partial charge in [0.15, 0.2) is 0 Å². The molecule has 0 saturated heterocycles. The zero-order valence-corrected chi connectivity index (χ0v) is 37.7. The average molecular weight is 957 g/mol. The number of benzene rings is 4. The van der Waals surface area contributed by atoms with Gasteiger partial charge in [-0.15, -0.1) is 0 Å². The van der Waals surface area contributed by atoms with E-state index in [0.29, 0.717) is 34.8 Å². The third kappa shape index (κ3) is 18.2. The third-order valence-corrected chi connectivity index (χ3v) is 12.9. The van der Waals surface area contributed by atoms with E-state index in [1.807, 2.05) is 55.5 Å². The van der Waals surface area contributed by atoms with Gasteiger partial charge < -0.3 is 10.6 Å². The van der Waals surface area contributed by atoms with Crippen molar-refractivity contribution in [2.75, 3.05) is 29.4 Å². The smallest absolute Gasteiger partial charge is 0.0381 e. The maximum absolute atomic E-state index is 13.4. The van der Waals surface area contributed by atoms with Crippen LogP contribution in [0.1, 0.15) is 83.2 Å². The topological polar surface area (TPSA) is 147 Å². The molecule has 0 bridgehead atoms. The summed E-state index contributed by atoms with van der Waals surface area (Å²) < 4.78 is 14.0. The molecule has 13 heteroatoms. The predicted molar refractivity (Wildman–Crippen MR) is 242 cm³/mol. The van der Waals surface area contributed by atoms with Crippen LogP contribution in [0.15, 0.2) is 138 Å². The van der Waals surface area contributed by atoms with Gasteiger partial charge in [0.2, 0.25) is 5.91 Å². The van der Waals surface area contributed by atoms with E-state index in [0.717, 1.165) is 78.5 Å². The molecule has 11 nitrogen and oxygen atoms in total. The molecule has 0 heterocycles. The molecule has 0 spiro atoms. The van der Waals surface area contributed by atoms with Crippen molar-refractivity contribution >= 4 is 47.4 Å². The molecule has 322 valence electrons. The van der Waals surface area contributed by atoms with E-state index < -0.39 is 11.9 Å². The summed E-state index contributed by atoms with van der Waals surface area (Å²) >= 11 is 1.25. The number of rotatable bonds is 27. The molecule has 0 saturated carbocycles. The molecule has 0 aliphatic heterocycles. The molecule has 0 unspecified atom stereocenters.